The molecule has 0 saturated carbocycles. The maximum atomic E-state index is 13.6. The van der Waals surface area contributed by atoms with Crippen LogP contribution in [0.5, 0.6) is 0 Å². The number of rotatable bonds is 10. The molecule has 2 amide bonds. The molecule has 4 rings (SSSR count). The Morgan fingerprint density at radius 1 is 1.15 bits per heavy atom. The van der Waals surface area contributed by atoms with E-state index in [1.165, 1.54) is 12.1 Å². The Morgan fingerprint density at radius 3 is 2.75 bits per heavy atom. The first kappa shape index (κ1) is 28.7. The summed E-state index contributed by atoms with van der Waals surface area (Å²) >= 11 is 0. The third-order valence-electron chi connectivity index (χ3n) is 7.04. The van der Waals surface area contributed by atoms with E-state index in [1.807, 2.05) is 12.1 Å². The first-order valence-electron chi connectivity index (χ1n) is 13.4. The van der Waals surface area contributed by atoms with Gasteiger partial charge in [-0.25, -0.2) is 9.37 Å². The monoisotopic (exact) mass is 543 g/mol. The number of benzene rings is 2. The van der Waals surface area contributed by atoms with Crippen molar-refractivity contribution >= 4 is 17.6 Å². The number of carbonyl (C=O) groups excluding carboxylic acids is 2. The smallest absolute Gasteiger partial charge is 0.255 e. The van der Waals surface area contributed by atoms with Crippen LogP contribution in [0.15, 0.2) is 60.7 Å². The zero-order chi connectivity index (χ0) is 28.5. The molecule has 1 aliphatic rings. The lowest BCUT2D eigenvalue weighted by Crippen LogP contribution is -2.55. The van der Waals surface area contributed by atoms with E-state index in [4.69, 9.17) is 16.5 Å². The molecule has 1 fully saturated rings. The maximum absolute atomic E-state index is 13.6. The Balaban J connectivity index is 1.54. The summed E-state index contributed by atoms with van der Waals surface area (Å²) in [6.07, 6.45) is 3.09. The summed E-state index contributed by atoms with van der Waals surface area (Å²) in [6.45, 7) is 1.31. The van der Waals surface area contributed by atoms with Crippen LogP contribution in [0.4, 0.5) is 10.2 Å². The highest BCUT2D eigenvalue weighted by atomic mass is 19.1. The molecule has 0 bridgehead atoms. The van der Waals surface area contributed by atoms with Gasteiger partial charge in [0.25, 0.3) is 5.91 Å². The lowest BCUT2D eigenvalue weighted by Gasteiger charge is -2.37. The molecular formula is C30H34FN7O2. The molecule has 0 unspecified atom stereocenters. The molecule has 2 aromatic carbocycles. The van der Waals surface area contributed by atoms with Gasteiger partial charge in [-0.15, -0.1) is 0 Å². The van der Waals surface area contributed by atoms with Crippen LogP contribution in [0.2, 0.25) is 0 Å². The van der Waals surface area contributed by atoms with Gasteiger partial charge < -0.3 is 27.0 Å². The van der Waals surface area contributed by atoms with Gasteiger partial charge in [0, 0.05) is 37.8 Å². The molecule has 0 radical (unpaired) electrons. The summed E-state index contributed by atoms with van der Waals surface area (Å²) in [5.41, 5.74) is 14.3. The van der Waals surface area contributed by atoms with Gasteiger partial charge in [-0.2, -0.15) is 5.26 Å². The number of hydrogen-bond donors (Lipinski definition) is 4. The summed E-state index contributed by atoms with van der Waals surface area (Å²) < 4.78 is 13.6. The Bertz CT molecular complexity index is 1390. The number of pyridine rings is 1. The van der Waals surface area contributed by atoms with Crippen LogP contribution >= 0.6 is 0 Å². The van der Waals surface area contributed by atoms with Crippen molar-refractivity contribution < 1.29 is 14.0 Å². The van der Waals surface area contributed by atoms with Crippen LogP contribution < -0.4 is 22.1 Å². The van der Waals surface area contributed by atoms with Crippen molar-refractivity contribution in [3.63, 3.8) is 0 Å². The average molecular weight is 544 g/mol. The molecule has 6 N–H and O–H groups in total. The van der Waals surface area contributed by atoms with E-state index in [0.29, 0.717) is 47.7 Å². The summed E-state index contributed by atoms with van der Waals surface area (Å²) in [5, 5.41) is 15.7. The molecule has 40 heavy (non-hydrogen) atoms. The quantitative estimate of drug-likeness (QED) is 0.307. The number of anilines is 1. The number of halogens is 1. The van der Waals surface area contributed by atoms with Gasteiger partial charge in [0.2, 0.25) is 5.91 Å². The van der Waals surface area contributed by atoms with Gasteiger partial charge in [-0.1, -0.05) is 30.3 Å². The Labute approximate surface area is 233 Å². The highest BCUT2D eigenvalue weighted by molar-refractivity contribution is 5.99. The van der Waals surface area contributed by atoms with Gasteiger partial charge in [0.05, 0.1) is 28.9 Å². The highest BCUT2D eigenvalue weighted by Gasteiger charge is 2.30. The fourth-order valence-corrected chi connectivity index (χ4v) is 4.87. The highest BCUT2D eigenvalue weighted by Crippen LogP contribution is 2.25. The summed E-state index contributed by atoms with van der Waals surface area (Å²) in [5.74, 6) is -0.514. The molecular weight excluding hydrogens is 509 g/mol. The largest absolute Gasteiger partial charge is 0.369 e. The topological polar surface area (TPSA) is 150 Å². The fourth-order valence-electron chi connectivity index (χ4n) is 4.87. The third kappa shape index (κ3) is 7.00. The molecule has 208 valence electrons. The van der Waals surface area contributed by atoms with Crippen LogP contribution in [-0.2, 0) is 11.2 Å². The average Bonchev–Trinajstić information content (AvgIpc) is 2.99. The molecule has 1 saturated heterocycles. The van der Waals surface area contributed by atoms with Crippen molar-refractivity contribution in [1.29, 1.82) is 5.26 Å². The van der Waals surface area contributed by atoms with Gasteiger partial charge in [-0.05, 0) is 61.6 Å². The van der Waals surface area contributed by atoms with Crippen molar-refractivity contribution in [3.8, 4) is 17.3 Å². The Hall–Kier alpha value is -4.33. The number of carbonyl (C=O) groups is 2. The third-order valence-corrected chi connectivity index (χ3v) is 7.04. The van der Waals surface area contributed by atoms with Crippen molar-refractivity contribution in [2.75, 3.05) is 31.5 Å². The second-order valence-electron chi connectivity index (χ2n) is 9.79. The van der Waals surface area contributed by atoms with Crippen molar-refractivity contribution in [3.05, 3.63) is 83.2 Å². The minimum Gasteiger partial charge on any atom is -0.369 e. The van der Waals surface area contributed by atoms with Crippen LogP contribution in [0.25, 0.3) is 11.3 Å². The second kappa shape index (κ2) is 13.6. The minimum atomic E-state index is -0.766. The number of piperidine rings is 1. The number of nitrogens with one attached hydrogen (secondary N) is 2. The molecule has 2 atom stereocenters. The first-order valence-corrected chi connectivity index (χ1v) is 13.4. The zero-order valence-corrected chi connectivity index (χ0v) is 22.3. The molecule has 0 aliphatic carbocycles. The fraction of sp³-hybridized carbons (Fsp3) is 0.333. The predicted molar refractivity (Wildman–Crippen MR) is 152 cm³/mol. The second-order valence-corrected chi connectivity index (χ2v) is 9.79. The number of hydrogen-bond acceptors (Lipinski definition) is 7. The normalized spacial score (nSPS) is 15.7. The van der Waals surface area contributed by atoms with Crippen molar-refractivity contribution in [2.24, 2.45) is 11.5 Å². The van der Waals surface area contributed by atoms with Gasteiger partial charge in [0.1, 0.15) is 11.6 Å². The van der Waals surface area contributed by atoms with E-state index >= 15 is 0 Å². The molecule has 1 aliphatic heterocycles. The van der Waals surface area contributed by atoms with Crippen molar-refractivity contribution in [2.45, 2.75) is 37.8 Å². The van der Waals surface area contributed by atoms with E-state index in [-0.39, 0.29) is 36.8 Å². The van der Waals surface area contributed by atoms with Crippen LogP contribution in [0, 0.1) is 17.1 Å². The summed E-state index contributed by atoms with van der Waals surface area (Å²) in [6, 6.07) is 18.1. The number of aromatic nitrogens is 1. The van der Waals surface area contributed by atoms with E-state index in [1.54, 1.807) is 41.3 Å². The standard InChI is InChI=1S/C30H34FN7O2/c31-22-8-5-6-20(16-22)13-14-35-28-25(11-12-27(37-28)24-10-2-1-7-21(24)17-32)29(39)36-19-23-9-3-4-15-38(23)30(40)26(34)18-33/h1-2,5-8,10-12,16,23,26H,3-4,9,13-15,18-19,33-34H2,(H,35,37)(H,36,39)/t23-,26-/m1/s1. The summed E-state index contributed by atoms with van der Waals surface area (Å²) in [7, 11) is 0. The Kier molecular flexibility index (Phi) is 9.78. The van der Waals surface area contributed by atoms with Crippen LogP contribution in [-0.4, -0.2) is 60.0 Å². The number of nitrogens with zero attached hydrogens (tertiary/aromatic N) is 3. The molecule has 3 aromatic rings. The number of amides is 2. The maximum Gasteiger partial charge on any atom is 0.255 e. The number of nitrogens with two attached hydrogens (primary N) is 2. The van der Waals surface area contributed by atoms with Crippen LogP contribution in [0.1, 0.15) is 40.7 Å². The SMILES string of the molecule is N#Cc1ccccc1-c1ccc(C(=O)NC[C@H]2CCCCN2C(=O)[C@H](N)CN)c(NCCc2cccc(F)c2)n1. The Morgan fingerprint density at radius 2 is 1.98 bits per heavy atom. The van der Waals surface area contributed by atoms with E-state index in [0.717, 1.165) is 24.8 Å². The zero-order valence-electron chi connectivity index (χ0n) is 22.3. The van der Waals surface area contributed by atoms with Gasteiger partial charge >= 0.3 is 0 Å². The van der Waals surface area contributed by atoms with E-state index in [2.05, 4.69) is 16.7 Å². The molecule has 1 aromatic heterocycles. The van der Waals surface area contributed by atoms with Crippen LogP contribution in [0.3, 0.4) is 0 Å². The number of nitriles is 1. The van der Waals surface area contributed by atoms with E-state index in [9.17, 15) is 19.2 Å². The molecule has 0 spiro atoms. The summed E-state index contributed by atoms with van der Waals surface area (Å²) in [4.78, 5) is 32.5. The lowest BCUT2D eigenvalue weighted by atomic mass is 10.0. The van der Waals surface area contributed by atoms with E-state index < -0.39 is 6.04 Å². The van der Waals surface area contributed by atoms with Gasteiger partial charge in [-0.3, -0.25) is 9.59 Å². The van der Waals surface area contributed by atoms with Crippen molar-refractivity contribution in [1.82, 2.24) is 15.2 Å². The number of likely N-dealkylation sites (tertiary alicyclic amines) is 1. The molecule has 10 heteroatoms. The molecule has 2 heterocycles. The molecule has 9 nitrogen and oxygen atoms in total. The lowest BCUT2D eigenvalue weighted by molar-refractivity contribution is -0.135. The minimum absolute atomic E-state index is 0.0615. The van der Waals surface area contributed by atoms with Gasteiger partial charge in [0.15, 0.2) is 0 Å². The predicted octanol–water partition coefficient (Wildman–Crippen LogP) is 2.81. The first-order chi connectivity index (χ1) is 19.4.